The summed E-state index contributed by atoms with van der Waals surface area (Å²) < 4.78 is 21.2. The van der Waals surface area contributed by atoms with E-state index in [9.17, 15) is 9.69 Å². The van der Waals surface area contributed by atoms with Crippen LogP contribution in [0.3, 0.4) is 0 Å². The second-order valence-corrected chi connectivity index (χ2v) is 10.1. The minimum atomic E-state index is -1.97. The molecule has 2 unspecified atom stereocenters. The van der Waals surface area contributed by atoms with Crippen molar-refractivity contribution in [2.24, 2.45) is 5.73 Å². The molecule has 0 heterocycles. The molecule has 204 valence electrons. The first kappa shape index (κ1) is 33.7. The molecule has 7 nitrogen and oxygen atoms in total. The molecule has 0 amide bonds. The van der Waals surface area contributed by atoms with E-state index in [4.69, 9.17) is 24.3 Å². The third-order valence-corrected chi connectivity index (χ3v) is 6.58. The second-order valence-electron chi connectivity index (χ2n) is 9.13. The average Bonchev–Trinajstić information content (AvgIpc) is 2.83. The smallest absolute Gasteiger partial charge is 0.329 e. The maximum atomic E-state index is 12.1. The van der Waals surface area contributed by atoms with Crippen LogP contribution in [0.5, 0.6) is 0 Å². The van der Waals surface area contributed by atoms with Gasteiger partial charge >= 0.3 is 14.6 Å². The summed E-state index contributed by atoms with van der Waals surface area (Å²) in [5, 5.41) is 0. The second kappa shape index (κ2) is 27.3. The largest absolute Gasteiger partial charge is 0.457 e. The van der Waals surface area contributed by atoms with Crippen LogP contribution in [-0.4, -0.2) is 50.4 Å². The van der Waals surface area contributed by atoms with E-state index in [0.29, 0.717) is 19.6 Å². The van der Waals surface area contributed by atoms with Gasteiger partial charge in [0.05, 0.1) is 19.8 Å². The number of ether oxygens (including phenoxy) is 2. The molecule has 0 fully saturated rings. The summed E-state index contributed by atoms with van der Waals surface area (Å²) in [6, 6.07) is 0. The third kappa shape index (κ3) is 24.8. The quantitative estimate of drug-likeness (QED) is 0.0716. The van der Waals surface area contributed by atoms with Gasteiger partial charge in [-0.15, -0.1) is 0 Å². The fourth-order valence-electron chi connectivity index (χ4n) is 3.76. The average molecular weight is 508 g/mol. The maximum Gasteiger partial charge on any atom is 0.329 e. The molecule has 0 aliphatic heterocycles. The lowest BCUT2D eigenvalue weighted by atomic mass is 10.0. The number of carbonyl (C=O) groups excluding carboxylic acids is 1. The van der Waals surface area contributed by atoms with Crippen molar-refractivity contribution >= 4 is 14.6 Å². The van der Waals surface area contributed by atoms with Crippen LogP contribution in [0.25, 0.3) is 0 Å². The molecular weight excluding hydrogens is 453 g/mol. The van der Waals surface area contributed by atoms with Gasteiger partial charge in [-0.1, -0.05) is 96.8 Å². The monoisotopic (exact) mass is 507 g/mol. The summed E-state index contributed by atoms with van der Waals surface area (Å²) in [5.74, 6) is -0.239. The minimum absolute atomic E-state index is 0.0631. The van der Waals surface area contributed by atoms with Crippen LogP contribution >= 0.6 is 8.60 Å². The standard InChI is InChI=1S/C26H54NO6P/c1-3-4-5-6-7-8-9-10-11-12-13-14-17-20-26(28)33-25(23-30-2)24-32-34(29)31-22-19-16-15-18-21-27/h25,29H,3-24,27H2,1-2H3. The van der Waals surface area contributed by atoms with Gasteiger partial charge in [0, 0.05) is 13.5 Å². The van der Waals surface area contributed by atoms with E-state index in [2.05, 4.69) is 6.92 Å². The number of hydrogen-bond donors (Lipinski definition) is 2. The first-order valence-electron chi connectivity index (χ1n) is 13.8. The van der Waals surface area contributed by atoms with Crippen molar-refractivity contribution in [2.75, 3.05) is 33.5 Å². The van der Waals surface area contributed by atoms with Crippen molar-refractivity contribution < 1.29 is 28.2 Å². The number of rotatable bonds is 27. The number of unbranched alkanes of at least 4 members (excludes halogenated alkanes) is 15. The SMILES string of the molecule is CCCCCCCCCCCCCCCC(=O)OC(COC)COP(O)OCCCCCCN. The number of hydrogen-bond acceptors (Lipinski definition) is 7. The Hall–Kier alpha value is -0.300. The molecular formula is C26H54NO6P. The van der Waals surface area contributed by atoms with Gasteiger partial charge in [0.25, 0.3) is 0 Å². The van der Waals surface area contributed by atoms with Crippen LogP contribution in [0.2, 0.25) is 0 Å². The van der Waals surface area contributed by atoms with Gasteiger partial charge in [0.15, 0.2) is 0 Å². The van der Waals surface area contributed by atoms with Gasteiger partial charge in [-0.25, -0.2) is 0 Å². The van der Waals surface area contributed by atoms with Crippen molar-refractivity contribution in [2.45, 2.75) is 129 Å². The Balaban J connectivity index is 3.66. The van der Waals surface area contributed by atoms with Gasteiger partial charge in [-0.05, 0) is 25.8 Å². The van der Waals surface area contributed by atoms with Crippen molar-refractivity contribution in [3.05, 3.63) is 0 Å². The van der Waals surface area contributed by atoms with Gasteiger partial charge in [-0.2, -0.15) is 0 Å². The minimum Gasteiger partial charge on any atom is -0.457 e. The van der Waals surface area contributed by atoms with Gasteiger partial charge < -0.3 is 29.1 Å². The third-order valence-electron chi connectivity index (χ3n) is 5.81. The number of nitrogens with two attached hydrogens (primary N) is 1. The Morgan fingerprint density at radius 1 is 0.765 bits per heavy atom. The van der Waals surface area contributed by atoms with Crippen molar-refractivity contribution in [3.63, 3.8) is 0 Å². The molecule has 0 saturated carbocycles. The Labute approximate surface area is 210 Å². The summed E-state index contributed by atoms with van der Waals surface area (Å²) in [7, 11) is -0.424. The van der Waals surface area contributed by atoms with Crippen LogP contribution in [0, 0.1) is 0 Å². The fourth-order valence-corrected chi connectivity index (χ4v) is 4.41. The molecule has 0 spiro atoms. The zero-order valence-electron chi connectivity index (χ0n) is 22.1. The molecule has 8 heteroatoms. The molecule has 0 radical (unpaired) electrons. The van der Waals surface area contributed by atoms with Crippen LogP contribution in [0.4, 0.5) is 0 Å². The van der Waals surface area contributed by atoms with E-state index in [-0.39, 0.29) is 19.2 Å². The fraction of sp³-hybridized carbons (Fsp3) is 0.962. The lowest BCUT2D eigenvalue weighted by molar-refractivity contribution is -0.153. The molecule has 0 aliphatic carbocycles. The van der Waals surface area contributed by atoms with Crippen molar-refractivity contribution in [1.29, 1.82) is 0 Å². The zero-order valence-corrected chi connectivity index (χ0v) is 23.0. The van der Waals surface area contributed by atoms with E-state index < -0.39 is 14.7 Å². The topological polar surface area (TPSA) is 100 Å². The Kier molecular flexibility index (Phi) is 27.0. The van der Waals surface area contributed by atoms with Gasteiger partial charge in [-0.3, -0.25) is 4.79 Å². The van der Waals surface area contributed by atoms with E-state index in [0.717, 1.165) is 38.5 Å². The molecule has 0 aliphatic rings. The molecule has 0 aromatic rings. The van der Waals surface area contributed by atoms with E-state index in [1.807, 2.05) is 0 Å². The molecule has 0 rings (SSSR count). The van der Waals surface area contributed by atoms with E-state index >= 15 is 0 Å². The molecule has 0 saturated heterocycles. The summed E-state index contributed by atoms with van der Waals surface area (Å²) in [5.41, 5.74) is 5.46. The Morgan fingerprint density at radius 3 is 1.85 bits per heavy atom. The molecule has 34 heavy (non-hydrogen) atoms. The molecule has 0 bridgehead atoms. The normalized spacial score (nSPS) is 13.2. The van der Waals surface area contributed by atoms with Crippen LogP contribution in [0.1, 0.15) is 122 Å². The van der Waals surface area contributed by atoms with Crippen LogP contribution < -0.4 is 5.73 Å². The van der Waals surface area contributed by atoms with Crippen LogP contribution in [-0.2, 0) is 23.3 Å². The summed E-state index contributed by atoms with van der Waals surface area (Å²) >= 11 is 0. The highest BCUT2D eigenvalue weighted by atomic mass is 31.2. The first-order chi connectivity index (χ1) is 16.6. The predicted molar refractivity (Wildman–Crippen MR) is 141 cm³/mol. The number of methoxy groups -OCH3 is 1. The van der Waals surface area contributed by atoms with E-state index in [1.54, 1.807) is 7.11 Å². The molecule has 3 N–H and O–H groups in total. The molecule has 0 aromatic heterocycles. The van der Waals surface area contributed by atoms with Crippen molar-refractivity contribution in [3.8, 4) is 0 Å². The number of carbonyl (C=O) groups is 1. The molecule has 2 atom stereocenters. The lowest BCUT2D eigenvalue weighted by Gasteiger charge is -2.18. The Bertz CT molecular complexity index is 430. The Morgan fingerprint density at radius 2 is 1.29 bits per heavy atom. The zero-order chi connectivity index (χ0) is 25.1. The van der Waals surface area contributed by atoms with Gasteiger partial charge in [0.1, 0.15) is 6.10 Å². The molecule has 0 aromatic carbocycles. The number of esters is 1. The summed E-state index contributed by atoms with van der Waals surface area (Å²) in [6.07, 6.45) is 20.4. The van der Waals surface area contributed by atoms with Crippen molar-refractivity contribution in [1.82, 2.24) is 0 Å². The van der Waals surface area contributed by atoms with E-state index in [1.165, 1.54) is 70.6 Å². The van der Waals surface area contributed by atoms with Gasteiger partial charge in [0.2, 0.25) is 0 Å². The highest BCUT2D eigenvalue weighted by Gasteiger charge is 2.18. The highest BCUT2D eigenvalue weighted by Crippen LogP contribution is 2.33. The van der Waals surface area contributed by atoms with Crippen LogP contribution in [0.15, 0.2) is 0 Å². The highest BCUT2D eigenvalue weighted by molar-refractivity contribution is 7.40. The lowest BCUT2D eigenvalue weighted by Crippen LogP contribution is -2.27. The maximum absolute atomic E-state index is 12.1. The predicted octanol–water partition coefficient (Wildman–Crippen LogP) is 6.80. The summed E-state index contributed by atoms with van der Waals surface area (Å²) in [4.78, 5) is 22.0. The first-order valence-corrected chi connectivity index (χ1v) is 14.9. The summed E-state index contributed by atoms with van der Waals surface area (Å²) in [6.45, 7) is 3.70.